The Labute approximate surface area is 186 Å². The van der Waals surface area contributed by atoms with Crippen molar-refractivity contribution >= 4 is 47.1 Å². The van der Waals surface area contributed by atoms with E-state index in [0.29, 0.717) is 17.7 Å². The van der Waals surface area contributed by atoms with Gasteiger partial charge >= 0.3 is 6.09 Å². The Kier molecular flexibility index (Phi) is 6.67. The van der Waals surface area contributed by atoms with Crippen LogP contribution in [0, 0.1) is 11.7 Å². The average Bonchev–Trinajstić information content (AvgIpc) is 3.40. The maximum absolute atomic E-state index is 12.9. The molecule has 0 saturated carbocycles. The second-order valence-electron chi connectivity index (χ2n) is 7.03. The molecule has 1 saturated heterocycles. The summed E-state index contributed by atoms with van der Waals surface area (Å²) in [6, 6.07) is 13.2. The van der Waals surface area contributed by atoms with E-state index >= 15 is 0 Å². The number of imide groups is 1. The number of carbonyl (C=O) groups excluding carboxylic acids is 3. The third kappa shape index (κ3) is 5.31. The maximum Gasteiger partial charge on any atom is 0.414 e. The summed E-state index contributed by atoms with van der Waals surface area (Å²) >= 11 is 2.89. The Morgan fingerprint density at radius 2 is 1.87 bits per heavy atom. The fourth-order valence-corrected chi connectivity index (χ4v) is 5.64. The van der Waals surface area contributed by atoms with Gasteiger partial charge in [0.2, 0.25) is 5.91 Å². The van der Waals surface area contributed by atoms with Gasteiger partial charge in [-0.15, -0.1) is 11.8 Å². The molecule has 31 heavy (non-hydrogen) atoms. The molecular formula is C21H20FN3O4S2. The highest BCUT2D eigenvalue weighted by Gasteiger charge is 2.38. The number of benzene rings is 2. The lowest BCUT2D eigenvalue weighted by Gasteiger charge is -2.21. The predicted molar refractivity (Wildman–Crippen MR) is 117 cm³/mol. The van der Waals surface area contributed by atoms with E-state index in [9.17, 15) is 18.8 Å². The number of rotatable bonds is 5. The molecule has 2 aliphatic heterocycles. The van der Waals surface area contributed by atoms with Gasteiger partial charge in [-0.2, -0.15) is 0 Å². The quantitative estimate of drug-likeness (QED) is 0.629. The summed E-state index contributed by atoms with van der Waals surface area (Å²) < 4.78 is 18.0. The van der Waals surface area contributed by atoms with E-state index in [-0.39, 0.29) is 18.3 Å². The molecule has 0 bridgehead atoms. The molecule has 3 N–H and O–H groups in total. The number of alkyl carbamates (subject to hydrolysis) is 1. The van der Waals surface area contributed by atoms with Crippen molar-refractivity contribution in [3.8, 4) is 0 Å². The smallest absolute Gasteiger partial charge is 0.414 e. The van der Waals surface area contributed by atoms with Crippen LogP contribution in [0.5, 0.6) is 0 Å². The normalized spacial score (nSPS) is 21.6. The summed E-state index contributed by atoms with van der Waals surface area (Å²) in [6.45, 7) is -0.0793. The minimum absolute atomic E-state index is 0.0793. The van der Waals surface area contributed by atoms with E-state index in [1.54, 1.807) is 0 Å². The molecule has 3 atom stereocenters. The number of hydrogen-bond donors (Lipinski definition) is 3. The molecule has 4 rings (SSSR count). The van der Waals surface area contributed by atoms with Gasteiger partial charge in [-0.3, -0.25) is 14.9 Å². The highest BCUT2D eigenvalue weighted by atomic mass is 32.2. The van der Waals surface area contributed by atoms with Gasteiger partial charge in [-0.05, 0) is 42.0 Å². The molecule has 10 heteroatoms. The van der Waals surface area contributed by atoms with Gasteiger partial charge in [-0.25, -0.2) is 9.18 Å². The van der Waals surface area contributed by atoms with Crippen molar-refractivity contribution in [2.75, 3.05) is 11.1 Å². The Morgan fingerprint density at radius 1 is 1.10 bits per heavy atom. The van der Waals surface area contributed by atoms with Gasteiger partial charge < -0.3 is 15.4 Å². The summed E-state index contributed by atoms with van der Waals surface area (Å²) in [5.41, 5.74) is 1.51. The third-order valence-corrected chi connectivity index (χ3v) is 7.33. The van der Waals surface area contributed by atoms with Crippen LogP contribution in [-0.2, 0) is 20.9 Å². The first-order valence-corrected chi connectivity index (χ1v) is 11.6. The van der Waals surface area contributed by atoms with Crippen molar-refractivity contribution in [3.63, 3.8) is 0 Å². The monoisotopic (exact) mass is 461 g/mol. The van der Waals surface area contributed by atoms with E-state index in [0.717, 1.165) is 10.6 Å². The first-order chi connectivity index (χ1) is 15.0. The van der Waals surface area contributed by atoms with Crippen molar-refractivity contribution in [1.82, 2.24) is 10.6 Å². The van der Waals surface area contributed by atoms with Crippen LogP contribution < -0.4 is 16.0 Å². The molecule has 1 fully saturated rings. The molecule has 2 aromatic carbocycles. The number of hydrogen-bond acceptors (Lipinski definition) is 7. The minimum atomic E-state index is -0.875. The highest BCUT2D eigenvalue weighted by molar-refractivity contribution is 8.01. The van der Waals surface area contributed by atoms with E-state index < -0.39 is 28.7 Å². The number of anilines is 1. The molecule has 2 aromatic rings. The predicted octanol–water partition coefficient (Wildman–Crippen LogP) is 3.32. The van der Waals surface area contributed by atoms with Gasteiger partial charge in [0.15, 0.2) is 5.37 Å². The Hall–Kier alpha value is -2.72. The zero-order valence-electron chi connectivity index (χ0n) is 16.3. The number of carbonyl (C=O) groups is 3. The molecule has 7 nitrogen and oxygen atoms in total. The number of thioether (sulfide) groups is 2. The highest BCUT2D eigenvalue weighted by Crippen LogP contribution is 2.38. The number of amides is 3. The molecule has 3 unspecified atom stereocenters. The van der Waals surface area contributed by atoms with Crippen LogP contribution in [0.3, 0.4) is 0 Å². The maximum atomic E-state index is 12.9. The van der Waals surface area contributed by atoms with Gasteiger partial charge in [0.1, 0.15) is 12.4 Å². The molecule has 2 aliphatic rings. The van der Waals surface area contributed by atoms with E-state index in [2.05, 4.69) is 16.0 Å². The number of halogens is 1. The Balaban J connectivity index is 1.26. The largest absolute Gasteiger partial charge is 0.444 e. The van der Waals surface area contributed by atoms with Crippen molar-refractivity contribution < 1.29 is 23.5 Å². The molecule has 3 amide bonds. The van der Waals surface area contributed by atoms with Crippen molar-refractivity contribution in [2.24, 2.45) is 5.92 Å². The standard InChI is InChI=1S/C21H20FN3O4S2/c22-13-7-5-12(6-8-13)11-29-21(28)25-17(26)14-9-10-30-19(14)24-18(27)20-23-15-3-1-2-4-16(15)31-20/h1-8,14,19-20,23H,9-11H2,(H,24,27)(H,25,26,28). The van der Waals surface area contributed by atoms with E-state index in [1.165, 1.54) is 47.8 Å². The summed E-state index contributed by atoms with van der Waals surface area (Å²) in [5.74, 6) is -0.933. The summed E-state index contributed by atoms with van der Waals surface area (Å²) in [4.78, 5) is 38.2. The van der Waals surface area contributed by atoms with E-state index in [1.807, 2.05) is 24.3 Å². The molecule has 2 heterocycles. The van der Waals surface area contributed by atoms with E-state index in [4.69, 9.17) is 4.74 Å². The van der Waals surface area contributed by atoms with Gasteiger partial charge in [-0.1, -0.05) is 36.0 Å². The number of ether oxygens (including phenoxy) is 1. The Bertz CT molecular complexity index is 964. The summed E-state index contributed by atoms with van der Waals surface area (Å²) in [6.07, 6.45) is -0.335. The van der Waals surface area contributed by atoms with Gasteiger partial charge in [0, 0.05) is 10.6 Å². The first-order valence-electron chi connectivity index (χ1n) is 9.66. The third-order valence-electron chi connectivity index (χ3n) is 4.88. The van der Waals surface area contributed by atoms with Crippen LogP contribution in [0.2, 0.25) is 0 Å². The van der Waals surface area contributed by atoms with Crippen molar-refractivity contribution in [2.45, 2.75) is 28.7 Å². The second-order valence-corrected chi connectivity index (χ2v) is 9.42. The summed E-state index contributed by atoms with van der Waals surface area (Å²) in [7, 11) is 0. The van der Waals surface area contributed by atoms with Crippen molar-refractivity contribution in [3.05, 3.63) is 59.9 Å². The fourth-order valence-electron chi connectivity index (χ4n) is 3.28. The second kappa shape index (κ2) is 9.61. The van der Waals surface area contributed by atoms with Crippen LogP contribution in [0.1, 0.15) is 12.0 Å². The zero-order chi connectivity index (χ0) is 21.8. The van der Waals surface area contributed by atoms with Crippen LogP contribution in [0.25, 0.3) is 0 Å². The molecule has 0 aromatic heterocycles. The lowest BCUT2D eigenvalue weighted by molar-refractivity contribution is -0.125. The zero-order valence-corrected chi connectivity index (χ0v) is 17.9. The van der Waals surface area contributed by atoms with Crippen molar-refractivity contribution in [1.29, 1.82) is 0 Å². The van der Waals surface area contributed by atoms with Crippen LogP contribution in [0.4, 0.5) is 14.9 Å². The van der Waals surface area contributed by atoms with Crippen LogP contribution >= 0.6 is 23.5 Å². The fraction of sp³-hybridized carbons (Fsp3) is 0.286. The summed E-state index contributed by atoms with van der Waals surface area (Å²) in [5, 5.41) is 7.41. The minimum Gasteiger partial charge on any atom is -0.444 e. The number of nitrogens with one attached hydrogen (secondary N) is 3. The van der Waals surface area contributed by atoms with Gasteiger partial charge in [0.05, 0.1) is 11.3 Å². The van der Waals surface area contributed by atoms with Gasteiger partial charge in [0.25, 0.3) is 5.91 Å². The molecular weight excluding hydrogens is 441 g/mol. The number of para-hydroxylation sites is 1. The molecule has 0 radical (unpaired) electrons. The molecule has 0 spiro atoms. The average molecular weight is 462 g/mol. The lowest BCUT2D eigenvalue weighted by Crippen LogP contribution is -2.47. The van der Waals surface area contributed by atoms with Crippen LogP contribution in [0.15, 0.2) is 53.4 Å². The first kappa shape index (κ1) is 21.5. The molecule has 162 valence electrons. The Morgan fingerprint density at radius 3 is 2.65 bits per heavy atom. The number of fused-ring (bicyclic) bond motifs is 1. The molecule has 0 aliphatic carbocycles. The lowest BCUT2D eigenvalue weighted by atomic mass is 10.1. The topological polar surface area (TPSA) is 96.5 Å². The SMILES string of the molecule is O=C(NC(=O)C1CCSC1NC(=O)C1Nc2ccccc2S1)OCc1ccc(F)cc1. The van der Waals surface area contributed by atoms with Crippen LogP contribution in [-0.4, -0.2) is 34.4 Å².